The number of nitrogens with zero attached hydrogens (tertiary/aromatic N) is 1. The van der Waals surface area contributed by atoms with Crippen LogP contribution >= 0.6 is 0 Å². The van der Waals surface area contributed by atoms with E-state index in [9.17, 15) is 14.7 Å². The summed E-state index contributed by atoms with van der Waals surface area (Å²) < 4.78 is 0. The standard InChI is InChI=1S/C15H20N2O3/c16-9-12-8-14(18)17(10-12)13(15(19)20)7-6-11-4-2-1-3-5-11/h1-5,12-13H,6-10,16H2,(H,19,20). The summed E-state index contributed by atoms with van der Waals surface area (Å²) in [6, 6.07) is 8.96. The molecule has 5 heteroatoms. The number of nitrogens with two attached hydrogens (primary N) is 1. The Kier molecular flexibility index (Phi) is 4.74. The molecule has 0 spiro atoms. The SMILES string of the molecule is NCC1CC(=O)N(C(CCc2ccccc2)C(=O)O)C1. The molecule has 2 rings (SSSR count). The monoisotopic (exact) mass is 276 g/mol. The Morgan fingerprint density at radius 3 is 2.65 bits per heavy atom. The van der Waals surface area contributed by atoms with Gasteiger partial charge in [-0.1, -0.05) is 30.3 Å². The minimum absolute atomic E-state index is 0.0843. The summed E-state index contributed by atoms with van der Waals surface area (Å²) in [5.41, 5.74) is 6.66. The minimum atomic E-state index is -0.938. The normalized spacial score (nSPS) is 20.1. The van der Waals surface area contributed by atoms with Crippen LogP contribution in [-0.2, 0) is 16.0 Å². The van der Waals surface area contributed by atoms with Crippen LogP contribution in [0.4, 0.5) is 0 Å². The molecule has 1 amide bonds. The molecule has 108 valence electrons. The van der Waals surface area contributed by atoms with Crippen LogP contribution in [-0.4, -0.2) is 41.0 Å². The molecule has 1 aromatic rings. The summed E-state index contributed by atoms with van der Waals surface area (Å²) in [6.45, 7) is 0.883. The molecule has 0 aliphatic carbocycles. The number of amides is 1. The van der Waals surface area contributed by atoms with Gasteiger partial charge in [0.2, 0.25) is 5.91 Å². The fraction of sp³-hybridized carbons (Fsp3) is 0.467. The van der Waals surface area contributed by atoms with E-state index >= 15 is 0 Å². The van der Waals surface area contributed by atoms with Crippen LogP contribution in [0.3, 0.4) is 0 Å². The van der Waals surface area contributed by atoms with Crippen molar-refractivity contribution in [2.75, 3.05) is 13.1 Å². The van der Waals surface area contributed by atoms with Gasteiger partial charge in [0.15, 0.2) is 0 Å². The first-order valence-corrected chi connectivity index (χ1v) is 6.88. The van der Waals surface area contributed by atoms with Gasteiger partial charge < -0.3 is 15.7 Å². The summed E-state index contributed by atoms with van der Waals surface area (Å²) in [5, 5.41) is 9.36. The van der Waals surface area contributed by atoms with Crippen LogP contribution in [0.15, 0.2) is 30.3 Å². The van der Waals surface area contributed by atoms with Gasteiger partial charge in [0.05, 0.1) is 0 Å². The molecule has 1 saturated heterocycles. The number of aryl methyl sites for hydroxylation is 1. The number of aliphatic carboxylic acids is 1. The number of carbonyl (C=O) groups excluding carboxylic acids is 1. The van der Waals surface area contributed by atoms with E-state index in [1.54, 1.807) is 0 Å². The summed E-state index contributed by atoms with van der Waals surface area (Å²) in [5.74, 6) is -0.950. The number of rotatable bonds is 6. The van der Waals surface area contributed by atoms with Crippen LogP contribution in [0.1, 0.15) is 18.4 Å². The van der Waals surface area contributed by atoms with Crippen LogP contribution in [0.2, 0.25) is 0 Å². The number of hydrogen-bond acceptors (Lipinski definition) is 3. The zero-order valence-corrected chi connectivity index (χ0v) is 11.4. The first kappa shape index (κ1) is 14.5. The molecule has 0 saturated carbocycles. The van der Waals surface area contributed by atoms with E-state index in [4.69, 9.17) is 5.73 Å². The van der Waals surface area contributed by atoms with Gasteiger partial charge in [0, 0.05) is 13.0 Å². The number of carboxylic acid groups (broad SMARTS) is 1. The highest BCUT2D eigenvalue weighted by molar-refractivity contribution is 5.85. The zero-order chi connectivity index (χ0) is 14.5. The van der Waals surface area contributed by atoms with Gasteiger partial charge in [-0.25, -0.2) is 4.79 Å². The average Bonchev–Trinajstić information content (AvgIpc) is 2.81. The Bertz CT molecular complexity index is 475. The van der Waals surface area contributed by atoms with Crippen molar-refractivity contribution in [3.05, 3.63) is 35.9 Å². The molecule has 1 aliphatic heterocycles. The van der Waals surface area contributed by atoms with Gasteiger partial charge in [-0.05, 0) is 30.9 Å². The van der Waals surface area contributed by atoms with Gasteiger partial charge in [-0.2, -0.15) is 0 Å². The van der Waals surface area contributed by atoms with Crippen molar-refractivity contribution in [2.24, 2.45) is 11.7 Å². The van der Waals surface area contributed by atoms with E-state index in [0.29, 0.717) is 32.4 Å². The van der Waals surface area contributed by atoms with Crippen molar-refractivity contribution in [1.82, 2.24) is 4.90 Å². The molecular formula is C15H20N2O3. The quantitative estimate of drug-likeness (QED) is 0.808. The molecule has 20 heavy (non-hydrogen) atoms. The molecule has 1 heterocycles. The third kappa shape index (κ3) is 3.36. The lowest BCUT2D eigenvalue weighted by atomic mass is 10.0. The van der Waals surface area contributed by atoms with E-state index in [1.165, 1.54) is 4.90 Å². The predicted octanol–water partition coefficient (Wildman–Crippen LogP) is 0.880. The maximum absolute atomic E-state index is 11.9. The van der Waals surface area contributed by atoms with Crippen molar-refractivity contribution in [1.29, 1.82) is 0 Å². The number of hydrogen-bond donors (Lipinski definition) is 2. The van der Waals surface area contributed by atoms with Crippen LogP contribution in [0, 0.1) is 5.92 Å². The van der Waals surface area contributed by atoms with E-state index in [0.717, 1.165) is 5.56 Å². The molecular weight excluding hydrogens is 256 g/mol. The molecule has 3 N–H and O–H groups in total. The smallest absolute Gasteiger partial charge is 0.326 e. The van der Waals surface area contributed by atoms with Crippen molar-refractivity contribution < 1.29 is 14.7 Å². The van der Waals surface area contributed by atoms with Gasteiger partial charge >= 0.3 is 5.97 Å². The van der Waals surface area contributed by atoms with Gasteiger partial charge in [-0.15, -0.1) is 0 Å². The third-order valence-corrected chi connectivity index (χ3v) is 3.78. The lowest BCUT2D eigenvalue weighted by Gasteiger charge is -2.24. The summed E-state index contributed by atoms with van der Waals surface area (Å²) in [6.07, 6.45) is 1.45. The molecule has 0 radical (unpaired) electrons. The predicted molar refractivity (Wildman–Crippen MR) is 75.1 cm³/mol. The summed E-state index contributed by atoms with van der Waals surface area (Å²) in [4.78, 5) is 24.8. The summed E-state index contributed by atoms with van der Waals surface area (Å²) >= 11 is 0. The first-order valence-electron chi connectivity index (χ1n) is 6.88. The first-order chi connectivity index (χ1) is 9.61. The van der Waals surface area contributed by atoms with Crippen LogP contribution in [0.5, 0.6) is 0 Å². The van der Waals surface area contributed by atoms with Crippen molar-refractivity contribution >= 4 is 11.9 Å². The fourth-order valence-corrected chi connectivity index (χ4v) is 2.63. The highest BCUT2D eigenvalue weighted by Gasteiger charge is 2.36. The number of carboxylic acids is 1. The molecule has 0 aromatic heterocycles. The Balaban J connectivity index is 2.01. The molecule has 2 unspecified atom stereocenters. The van der Waals surface area contributed by atoms with E-state index in [-0.39, 0.29) is 11.8 Å². The Morgan fingerprint density at radius 1 is 1.40 bits per heavy atom. The van der Waals surface area contributed by atoms with Gasteiger partial charge in [-0.3, -0.25) is 4.79 Å². The maximum atomic E-state index is 11.9. The topological polar surface area (TPSA) is 83.6 Å². The average molecular weight is 276 g/mol. The fourth-order valence-electron chi connectivity index (χ4n) is 2.63. The maximum Gasteiger partial charge on any atom is 0.326 e. The largest absolute Gasteiger partial charge is 0.480 e. The Labute approximate surface area is 118 Å². The second-order valence-corrected chi connectivity index (χ2v) is 5.23. The van der Waals surface area contributed by atoms with Crippen LogP contribution in [0.25, 0.3) is 0 Å². The molecule has 5 nitrogen and oxygen atoms in total. The highest BCUT2D eigenvalue weighted by atomic mass is 16.4. The Hall–Kier alpha value is -1.88. The minimum Gasteiger partial charge on any atom is -0.480 e. The van der Waals surface area contributed by atoms with E-state index in [2.05, 4.69) is 0 Å². The van der Waals surface area contributed by atoms with Crippen molar-refractivity contribution in [2.45, 2.75) is 25.3 Å². The molecule has 1 fully saturated rings. The Morgan fingerprint density at radius 2 is 2.10 bits per heavy atom. The lowest BCUT2D eigenvalue weighted by molar-refractivity contribution is -0.148. The van der Waals surface area contributed by atoms with Crippen molar-refractivity contribution in [3.63, 3.8) is 0 Å². The van der Waals surface area contributed by atoms with Crippen LogP contribution < -0.4 is 5.73 Å². The van der Waals surface area contributed by atoms with Gasteiger partial charge in [0.1, 0.15) is 6.04 Å². The van der Waals surface area contributed by atoms with E-state index in [1.807, 2.05) is 30.3 Å². The lowest BCUT2D eigenvalue weighted by Crippen LogP contribution is -2.42. The number of benzene rings is 1. The molecule has 0 bridgehead atoms. The second-order valence-electron chi connectivity index (χ2n) is 5.23. The second kappa shape index (κ2) is 6.52. The van der Waals surface area contributed by atoms with Crippen molar-refractivity contribution in [3.8, 4) is 0 Å². The molecule has 1 aliphatic rings. The number of likely N-dealkylation sites (tertiary alicyclic amines) is 1. The van der Waals surface area contributed by atoms with E-state index < -0.39 is 12.0 Å². The van der Waals surface area contributed by atoms with Gasteiger partial charge in [0.25, 0.3) is 0 Å². The molecule has 2 atom stereocenters. The number of carbonyl (C=O) groups is 2. The summed E-state index contributed by atoms with van der Waals surface area (Å²) in [7, 11) is 0. The third-order valence-electron chi connectivity index (χ3n) is 3.78. The molecule has 1 aromatic carbocycles. The highest BCUT2D eigenvalue weighted by Crippen LogP contribution is 2.22. The zero-order valence-electron chi connectivity index (χ0n) is 11.4.